The minimum Gasteiger partial charge on any atom is -0.456 e. The molecular weight excluding hydrogens is 244 g/mol. The fourth-order valence-corrected chi connectivity index (χ4v) is 2.54. The van der Waals surface area contributed by atoms with Crippen molar-refractivity contribution in [3.63, 3.8) is 0 Å². The van der Waals surface area contributed by atoms with Crippen LogP contribution in [0.1, 0.15) is 37.5 Å². The van der Waals surface area contributed by atoms with E-state index in [-0.39, 0.29) is 5.41 Å². The number of ether oxygens (including phenoxy) is 1. The molecule has 0 unspecified atom stereocenters. The van der Waals surface area contributed by atoms with Crippen molar-refractivity contribution in [1.82, 2.24) is 0 Å². The molecule has 0 saturated carbocycles. The van der Waals surface area contributed by atoms with Crippen molar-refractivity contribution < 1.29 is 4.74 Å². The molecule has 1 nitrogen and oxygen atoms in total. The van der Waals surface area contributed by atoms with Gasteiger partial charge in [0, 0.05) is 11.1 Å². The van der Waals surface area contributed by atoms with Gasteiger partial charge in [-0.2, -0.15) is 0 Å². The van der Waals surface area contributed by atoms with E-state index in [9.17, 15) is 0 Å². The Morgan fingerprint density at radius 3 is 2.30 bits per heavy atom. The second-order valence-corrected chi connectivity index (χ2v) is 6.58. The van der Waals surface area contributed by atoms with Crippen molar-refractivity contribution >= 4 is 12.2 Å². The molecule has 0 N–H and O–H groups in total. The summed E-state index contributed by atoms with van der Waals surface area (Å²) in [7, 11) is 0. The van der Waals surface area contributed by atoms with Crippen molar-refractivity contribution in [2.75, 3.05) is 0 Å². The molecule has 0 fully saturated rings. The molecule has 1 aliphatic rings. The van der Waals surface area contributed by atoms with Gasteiger partial charge >= 0.3 is 0 Å². The third-order valence-electron chi connectivity index (χ3n) is 3.39. The lowest BCUT2D eigenvalue weighted by Gasteiger charge is -2.19. The fourth-order valence-electron chi connectivity index (χ4n) is 2.54. The van der Waals surface area contributed by atoms with Crippen LogP contribution in [0.15, 0.2) is 42.5 Å². The molecule has 2 aromatic carbocycles. The Balaban J connectivity index is 1.99. The maximum atomic E-state index is 6.10. The molecule has 3 rings (SSSR count). The second-order valence-electron chi connectivity index (χ2n) is 6.58. The summed E-state index contributed by atoms with van der Waals surface area (Å²) in [6.07, 6.45) is 5.29. The van der Waals surface area contributed by atoms with E-state index in [0.717, 1.165) is 29.0 Å². The highest BCUT2D eigenvalue weighted by atomic mass is 16.5. The largest absolute Gasteiger partial charge is 0.456 e. The van der Waals surface area contributed by atoms with Crippen molar-refractivity contribution in [3.8, 4) is 11.5 Å². The fraction of sp³-hybridized carbons (Fsp3) is 0.263. The molecule has 20 heavy (non-hydrogen) atoms. The van der Waals surface area contributed by atoms with E-state index < -0.39 is 0 Å². The maximum Gasteiger partial charge on any atom is 0.134 e. The average molecular weight is 264 g/mol. The van der Waals surface area contributed by atoms with Crippen LogP contribution in [0.25, 0.3) is 12.2 Å². The molecule has 0 atom stereocenters. The van der Waals surface area contributed by atoms with Crippen LogP contribution >= 0.6 is 0 Å². The van der Waals surface area contributed by atoms with Crippen LogP contribution in [-0.2, 0) is 6.42 Å². The molecule has 0 aliphatic carbocycles. The summed E-state index contributed by atoms with van der Waals surface area (Å²) in [5.74, 6) is 1.88. The minimum atomic E-state index is 0.284. The Kier molecular flexibility index (Phi) is 3.13. The number of fused-ring (bicyclic) bond motifs is 2. The monoisotopic (exact) mass is 264 g/mol. The number of benzene rings is 2. The van der Waals surface area contributed by atoms with E-state index >= 15 is 0 Å². The van der Waals surface area contributed by atoms with Crippen molar-refractivity contribution in [3.05, 3.63) is 59.2 Å². The van der Waals surface area contributed by atoms with Crippen LogP contribution in [-0.4, -0.2) is 0 Å². The minimum absolute atomic E-state index is 0.284. The predicted octanol–water partition coefficient (Wildman–Crippen LogP) is 5.55. The van der Waals surface area contributed by atoms with Gasteiger partial charge in [0.05, 0.1) is 0 Å². The summed E-state index contributed by atoms with van der Waals surface area (Å²) in [4.78, 5) is 0. The Hall–Kier alpha value is -2.02. The van der Waals surface area contributed by atoms with E-state index in [1.807, 2.05) is 18.2 Å². The van der Waals surface area contributed by atoms with Gasteiger partial charge < -0.3 is 4.74 Å². The standard InChI is InChI=1S/C19H20O/c1-19(2,3)13-14-8-9-16-11-10-15-6-4-5-7-17(15)20-18(16)12-14/h4-12H,13H2,1-3H3. The summed E-state index contributed by atoms with van der Waals surface area (Å²) in [5, 5.41) is 0. The van der Waals surface area contributed by atoms with Crippen LogP contribution in [0.2, 0.25) is 0 Å². The van der Waals surface area contributed by atoms with Gasteiger partial charge in [-0.3, -0.25) is 0 Å². The molecule has 0 bridgehead atoms. The van der Waals surface area contributed by atoms with Crippen LogP contribution < -0.4 is 4.74 Å². The molecule has 1 heterocycles. The highest BCUT2D eigenvalue weighted by Crippen LogP contribution is 2.35. The van der Waals surface area contributed by atoms with E-state index in [0.29, 0.717) is 0 Å². The first-order chi connectivity index (χ1) is 9.51. The zero-order valence-corrected chi connectivity index (χ0v) is 12.3. The summed E-state index contributed by atoms with van der Waals surface area (Å²) >= 11 is 0. The van der Waals surface area contributed by atoms with E-state index in [1.54, 1.807) is 0 Å². The lowest BCUT2D eigenvalue weighted by Crippen LogP contribution is -2.09. The molecule has 0 radical (unpaired) electrons. The van der Waals surface area contributed by atoms with E-state index in [2.05, 4.69) is 57.2 Å². The number of para-hydroxylation sites is 1. The van der Waals surface area contributed by atoms with Gasteiger partial charge in [-0.1, -0.05) is 63.3 Å². The molecule has 1 aliphatic heterocycles. The molecule has 2 aromatic rings. The predicted molar refractivity (Wildman–Crippen MR) is 85.0 cm³/mol. The molecule has 0 aromatic heterocycles. The van der Waals surface area contributed by atoms with Crippen LogP contribution in [0.5, 0.6) is 11.5 Å². The first-order valence-electron chi connectivity index (χ1n) is 7.09. The molecule has 0 spiro atoms. The van der Waals surface area contributed by atoms with Gasteiger partial charge in [-0.25, -0.2) is 0 Å². The van der Waals surface area contributed by atoms with Gasteiger partial charge in [-0.15, -0.1) is 0 Å². The topological polar surface area (TPSA) is 9.23 Å². The van der Waals surface area contributed by atoms with Crippen molar-refractivity contribution in [1.29, 1.82) is 0 Å². The quantitative estimate of drug-likeness (QED) is 0.559. The Labute approximate surface area is 120 Å². The van der Waals surface area contributed by atoms with Gasteiger partial charge in [0.1, 0.15) is 11.5 Å². The highest BCUT2D eigenvalue weighted by Gasteiger charge is 2.15. The van der Waals surface area contributed by atoms with Gasteiger partial charge in [0.25, 0.3) is 0 Å². The third-order valence-corrected chi connectivity index (χ3v) is 3.39. The first-order valence-corrected chi connectivity index (χ1v) is 7.09. The SMILES string of the molecule is CC(C)(C)Cc1ccc2c(c1)Oc1ccccc1C=C2. The van der Waals surface area contributed by atoms with Gasteiger partial charge in [0.15, 0.2) is 0 Å². The Morgan fingerprint density at radius 2 is 1.55 bits per heavy atom. The lowest BCUT2D eigenvalue weighted by molar-refractivity contribution is 0.409. The smallest absolute Gasteiger partial charge is 0.134 e. The summed E-state index contributed by atoms with van der Waals surface area (Å²) in [6, 6.07) is 14.7. The summed E-state index contributed by atoms with van der Waals surface area (Å²) < 4.78 is 6.10. The third kappa shape index (κ3) is 2.77. The molecule has 1 heteroatoms. The van der Waals surface area contributed by atoms with Crippen LogP contribution in [0.3, 0.4) is 0 Å². The average Bonchev–Trinajstić information content (AvgIpc) is 2.55. The molecule has 102 valence electrons. The second kappa shape index (κ2) is 4.82. The molecule has 0 amide bonds. The lowest BCUT2D eigenvalue weighted by atomic mass is 9.88. The molecular formula is C19H20O. The maximum absolute atomic E-state index is 6.10. The van der Waals surface area contributed by atoms with E-state index in [1.165, 1.54) is 5.56 Å². The summed E-state index contributed by atoms with van der Waals surface area (Å²) in [5.41, 5.74) is 3.87. The van der Waals surface area contributed by atoms with Gasteiger partial charge in [0.2, 0.25) is 0 Å². The number of hydrogen-bond acceptors (Lipinski definition) is 1. The van der Waals surface area contributed by atoms with Crippen LogP contribution in [0, 0.1) is 5.41 Å². The Bertz CT molecular complexity index is 660. The van der Waals surface area contributed by atoms with Crippen molar-refractivity contribution in [2.24, 2.45) is 5.41 Å². The van der Waals surface area contributed by atoms with Crippen LogP contribution in [0.4, 0.5) is 0 Å². The zero-order valence-electron chi connectivity index (χ0n) is 12.3. The van der Waals surface area contributed by atoms with Crippen molar-refractivity contribution in [2.45, 2.75) is 27.2 Å². The van der Waals surface area contributed by atoms with Gasteiger partial charge in [-0.05, 0) is 29.5 Å². The first kappa shape index (κ1) is 13.0. The Morgan fingerprint density at radius 1 is 0.850 bits per heavy atom. The number of hydrogen-bond donors (Lipinski definition) is 0. The normalized spacial score (nSPS) is 13.2. The molecule has 0 saturated heterocycles. The zero-order chi connectivity index (χ0) is 14.2. The van der Waals surface area contributed by atoms with E-state index in [4.69, 9.17) is 4.74 Å². The number of rotatable bonds is 1. The highest BCUT2D eigenvalue weighted by molar-refractivity contribution is 5.77. The summed E-state index contributed by atoms with van der Waals surface area (Å²) in [6.45, 7) is 6.78.